The summed E-state index contributed by atoms with van der Waals surface area (Å²) in [5, 5.41) is 0. The molecule has 1 atom stereocenters. The van der Waals surface area contributed by atoms with Crippen molar-refractivity contribution in [1.29, 1.82) is 0 Å². The number of ether oxygens (including phenoxy) is 2. The van der Waals surface area contributed by atoms with Crippen LogP contribution >= 0.6 is 0 Å². The Labute approximate surface area is 95.3 Å². The van der Waals surface area contributed by atoms with E-state index in [9.17, 15) is 4.79 Å². The lowest BCUT2D eigenvalue weighted by atomic mass is 9.94. The Morgan fingerprint density at radius 2 is 2.12 bits per heavy atom. The van der Waals surface area contributed by atoms with Gasteiger partial charge in [-0.2, -0.15) is 0 Å². The third kappa shape index (κ3) is 2.97. The molecule has 1 rings (SSSR count). The van der Waals surface area contributed by atoms with E-state index in [1.807, 2.05) is 24.3 Å². The predicted octanol–water partition coefficient (Wildman–Crippen LogP) is 1.13. The van der Waals surface area contributed by atoms with Gasteiger partial charge in [-0.15, -0.1) is 0 Å². The summed E-state index contributed by atoms with van der Waals surface area (Å²) in [5.74, 6) is 0.327. The first kappa shape index (κ1) is 12.5. The van der Waals surface area contributed by atoms with Crippen LogP contribution in [0.25, 0.3) is 0 Å². The van der Waals surface area contributed by atoms with E-state index in [4.69, 9.17) is 10.5 Å². The normalized spacial score (nSPS) is 14.0. The summed E-state index contributed by atoms with van der Waals surface area (Å²) in [6.07, 6.45) is 0.414. The molecule has 0 radical (unpaired) electrons. The van der Waals surface area contributed by atoms with Gasteiger partial charge in [-0.05, 0) is 24.6 Å². The second-order valence-electron chi connectivity index (χ2n) is 3.94. The van der Waals surface area contributed by atoms with Gasteiger partial charge >= 0.3 is 5.97 Å². The van der Waals surface area contributed by atoms with Crippen molar-refractivity contribution in [1.82, 2.24) is 0 Å². The number of hydrogen-bond acceptors (Lipinski definition) is 4. The van der Waals surface area contributed by atoms with Crippen molar-refractivity contribution in [3.8, 4) is 5.75 Å². The van der Waals surface area contributed by atoms with Gasteiger partial charge in [0.1, 0.15) is 11.3 Å². The summed E-state index contributed by atoms with van der Waals surface area (Å²) in [7, 11) is 2.93. The van der Waals surface area contributed by atoms with Gasteiger partial charge in [-0.1, -0.05) is 12.1 Å². The third-order valence-electron chi connectivity index (χ3n) is 2.36. The van der Waals surface area contributed by atoms with E-state index in [1.54, 1.807) is 14.0 Å². The summed E-state index contributed by atoms with van der Waals surface area (Å²) in [4.78, 5) is 11.4. The first-order valence-corrected chi connectivity index (χ1v) is 5.00. The van der Waals surface area contributed by atoms with E-state index >= 15 is 0 Å². The van der Waals surface area contributed by atoms with Gasteiger partial charge in [0.2, 0.25) is 0 Å². The van der Waals surface area contributed by atoms with Gasteiger partial charge in [0.15, 0.2) is 0 Å². The Morgan fingerprint density at radius 3 is 2.69 bits per heavy atom. The summed E-state index contributed by atoms with van der Waals surface area (Å²) in [5.41, 5.74) is 5.81. The molecule has 16 heavy (non-hydrogen) atoms. The van der Waals surface area contributed by atoms with Gasteiger partial charge in [0.25, 0.3) is 0 Å². The van der Waals surface area contributed by atoms with Crippen molar-refractivity contribution in [3.05, 3.63) is 29.8 Å². The molecule has 0 amide bonds. The molecule has 0 aromatic heterocycles. The average Bonchev–Trinajstić information content (AvgIpc) is 2.27. The molecule has 0 saturated carbocycles. The van der Waals surface area contributed by atoms with Crippen LogP contribution in [0.2, 0.25) is 0 Å². The quantitative estimate of drug-likeness (QED) is 0.777. The molecule has 1 aromatic carbocycles. The molecule has 4 nitrogen and oxygen atoms in total. The lowest BCUT2D eigenvalue weighted by Crippen LogP contribution is -2.47. The van der Waals surface area contributed by atoms with E-state index in [-0.39, 0.29) is 0 Å². The lowest BCUT2D eigenvalue weighted by Gasteiger charge is -2.21. The Morgan fingerprint density at radius 1 is 1.44 bits per heavy atom. The summed E-state index contributed by atoms with van der Waals surface area (Å²) >= 11 is 0. The topological polar surface area (TPSA) is 61.5 Å². The zero-order valence-corrected chi connectivity index (χ0v) is 9.82. The number of carbonyl (C=O) groups is 1. The molecule has 4 heteroatoms. The molecule has 0 bridgehead atoms. The van der Waals surface area contributed by atoms with Gasteiger partial charge in [0, 0.05) is 6.42 Å². The molecule has 1 aromatic rings. The fraction of sp³-hybridized carbons (Fsp3) is 0.417. The SMILES string of the molecule is COC(=O)[C@@](C)(N)Cc1cccc(OC)c1. The van der Waals surface area contributed by atoms with Crippen LogP contribution in [-0.2, 0) is 16.0 Å². The van der Waals surface area contributed by atoms with Crippen LogP contribution in [0.1, 0.15) is 12.5 Å². The second-order valence-corrected chi connectivity index (χ2v) is 3.94. The van der Waals surface area contributed by atoms with Crippen molar-refractivity contribution in [3.63, 3.8) is 0 Å². The van der Waals surface area contributed by atoms with Crippen LogP contribution in [0.5, 0.6) is 5.75 Å². The van der Waals surface area contributed by atoms with Crippen LogP contribution in [0.15, 0.2) is 24.3 Å². The minimum absolute atomic E-state index is 0.414. The minimum Gasteiger partial charge on any atom is -0.497 e. The van der Waals surface area contributed by atoms with Gasteiger partial charge in [0.05, 0.1) is 14.2 Å². The number of esters is 1. The zero-order valence-electron chi connectivity index (χ0n) is 9.82. The highest BCUT2D eigenvalue weighted by Gasteiger charge is 2.29. The van der Waals surface area contributed by atoms with E-state index in [1.165, 1.54) is 7.11 Å². The van der Waals surface area contributed by atoms with Crippen LogP contribution in [0.4, 0.5) is 0 Å². The van der Waals surface area contributed by atoms with E-state index in [0.717, 1.165) is 11.3 Å². The highest BCUT2D eigenvalue weighted by atomic mass is 16.5. The number of benzene rings is 1. The fourth-order valence-electron chi connectivity index (χ4n) is 1.51. The predicted molar refractivity (Wildman–Crippen MR) is 61.3 cm³/mol. The maximum atomic E-state index is 11.4. The first-order valence-electron chi connectivity index (χ1n) is 5.00. The Hall–Kier alpha value is -1.55. The van der Waals surface area contributed by atoms with E-state index < -0.39 is 11.5 Å². The van der Waals surface area contributed by atoms with E-state index in [0.29, 0.717) is 6.42 Å². The number of carbonyl (C=O) groups excluding carboxylic acids is 1. The number of rotatable bonds is 4. The van der Waals surface area contributed by atoms with Crippen molar-refractivity contribution < 1.29 is 14.3 Å². The lowest BCUT2D eigenvalue weighted by molar-refractivity contribution is -0.146. The smallest absolute Gasteiger partial charge is 0.325 e. The number of nitrogens with two attached hydrogens (primary N) is 1. The number of methoxy groups -OCH3 is 2. The molecule has 0 aliphatic rings. The molecule has 88 valence electrons. The van der Waals surface area contributed by atoms with Crippen molar-refractivity contribution in [2.45, 2.75) is 18.9 Å². The molecular formula is C12H17NO3. The van der Waals surface area contributed by atoms with Crippen molar-refractivity contribution in [2.24, 2.45) is 5.73 Å². The van der Waals surface area contributed by atoms with Crippen molar-refractivity contribution in [2.75, 3.05) is 14.2 Å². The monoisotopic (exact) mass is 223 g/mol. The molecular weight excluding hydrogens is 206 g/mol. The van der Waals surface area contributed by atoms with Crippen LogP contribution in [-0.4, -0.2) is 25.7 Å². The van der Waals surface area contributed by atoms with Crippen LogP contribution in [0, 0.1) is 0 Å². The fourth-order valence-corrected chi connectivity index (χ4v) is 1.51. The average molecular weight is 223 g/mol. The molecule has 0 unspecified atom stereocenters. The van der Waals surface area contributed by atoms with Gasteiger partial charge in [-0.25, -0.2) is 0 Å². The number of hydrogen-bond donors (Lipinski definition) is 1. The summed E-state index contributed by atoms with van der Waals surface area (Å²) in [6.45, 7) is 1.65. The maximum Gasteiger partial charge on any atom is 0.325 e. The molecule has 0 spiro atoms. The van der Waals surface area contributed by atoms with E-state index in [2.05, 4.69) is 4.74 Å². The highest BCUT2D eigenvalue weighted by molar-refractivity contribution is 5.80. The van der Waals surface area contributed by atoms with Crippen LogP contribution in [0.3, 0.4) is 0 Å². The Kier molecular flexibility index (Phi) is 3.90. The molecule has 0 saturated heterocycles. The molecule has 0 fully saturated rings. The largest absolute Gasteiger partial charge is 0.497 e. The molecule has 0 heterocycles. The van der Waals surface area contributed by atoms with Gasteiger partial charge in [-0.3, -0.25) is 4.79 Å². The van der Waals surface area contributed by atoms with Gasteiger partial charge < -0.3 is 15.2 Å². The summed E-state index contributed by atoms with van der Waals surface area (Å²) < 4.78 is 9.75. The van der Waals surface area contributed by atoms with Crippen molar-refractivity contribution >= 4 is 5.97 Å². The highest BCUT2D eigenvalue weighted by Crippen LogP contribution is 2.17. The Balaban J connectivity index is 2.83. The summed E-state index contributed by atoms with van der Waals surface area (Å²) in [6, 6.07) is 7.46. The Bertz CT molecular complexity index is 374. The minimum atomic E-state index is -1.01. The zero-order chi connectivity index (χ0) is 12.2. The first-order chi connectivity index (χ1) is 7.49. The molecule has 2 N–H and O–H groups in total. The third-order valence-corrected chi connectivity index (χ3v) is 2.36. The standard InChI is InChI=1S/C12H17NO3/c1-12(13,11(14)16-3)8-9-5-4-6-10(7-9)15-2/h4-7H,8,13H2,1-3H3/t12-/m0/s1. The molecule has 0 aliphatic carbocycles. The van der Waals surface area contributed by atoms with Crippen LogP contribution < -0.4 is 10.5 Å². The molecule has 0 aliphatic heterocycles. The second kappa shape index (κ2) is 4.99. The maximum absolute atomic E-state index is 11.4.